The molecule has 5 nitrogen and oxygen atoms in total. The largest absolute Gasteiger partial charge is 0.497 e. The molecule has 2 atom stereocenters. The van der Waals surface area contributed by atoms with E-state index in [0.29, 0.717) is 0 Å². The van der Waals surface area contributed by atoms with E-state index in [1.807, 2.05) is 29.2 Å². The van der Waals surface area contributed by atoms with Gasteiger partial charge < -0.3 is 19.7 Å². The zero-order chi connectivity index (χ0) is 16.3. The fourth-order valence-electron chi connectivity index (χ4n) is 4.18. The number of hydrogen-bond donors (Lipinski definition) is 1. The SMILES string of the molecule is COc1cccc(NC(=O)N2CCC[C@]3(CCC[C@H]3OC)C2)c1. The maximum absolute atomic E-state index is 12.6. The highest BCUT2D eigenvalue weighted by molar-refractivity contribution is 5.89. The van der Waals surface area contributed by atoms with Gasteiger partial charge in [-0.25, -0.2) is 4.79 Å². The first-order valence-electron chi connectivity index (χ1n) is 8.40. The summed E-state index contributed by atoms with van der Waals surface area (Å²) in [6.07, 6.45) is 5.97. The average Bonchev–Trinajstić information content (AvgIpc) is 2.96. The van der Waals surface area contributed by atoms with Gasteiger partial charge in [0.05, 0.1) is 13.2 Å². The summed E-state index contributed by atoms with van der Waals surface area (Å²) < 4.78 is 10.9. The van der Waals surface area contributed by atoms with Crippen molar-refractivity contribution in [1.82, 2.24) is 4.90 Å². The molecule has 23 heavy (non-hydrogen) atoms. The number of nitrogens with zero attached hydrogens (tertiary/aromatic N) is 1. The zero-order valence-electron chi connectivity index (χ0n) is 14.0. The van der Waals surface area contributed by atoms with Crippen molar-refractivity contribution in [3.05, 3.63) is 24.3 Å². The molecule has 3 rings (SSSR count). The predicted octanol–water partition coefficient (Wildman–Crippen LogP) is 3.51. The van der Waals surface area contributed by atoms with Gasteiger partial charge in [0, 0.05) is 37.4 Å². The molecule has 2 fully saturated rings. The Morgan fingerprint density at radius 1 is 1.30 bits per heavy atom. The number of rotatable bonds is 3. The molecule has 1 spiro atoms. The van der Waals surface area contributed by atoms with Gasteiger partial charge in [-0.1, -0.05) is 12.5 Å². The first-order chi connectivity index (χ1) is 11.2. The number of piperidine rings is 1. The average molecular weight is 318 g/mol. The quantitative estimate of drug-likeness (QED) is 0.928. The molecule has 1 aromatic carbocycles. The Kier molecular flexibility index (Phi) is 4.76. The minimum Gasteiger partial charge on any atom is -0.497 e. The summed E-state index contributed by atoms with van der Waals surface area (Å²) in [6, 6.07) is 7.44. The van der Waals surface area contributed by atoms with Gasteiger partial charge in [-0.2, -0.15) is 0 Å². The number of hydrogen-bond acceptors (Lipinski definition) is 3. The van der Waals surface area contributed by atoms with Crippen LogP contribution in [0.15, 0.2) is 24.3 Å². The lowest BCUT2D eigenvalue weighted by molar-refractivity contribution is -0.0244. The van der Waals surface area contributed by atoms with Gasteiger partial charge >= 0.3 is 6.03 Å². The van der Waals surface area contributed by atoms with Crippen molar-refractivity contribution in [3.63, 3.8) is 0 Å². The number of anilines is 1. The van der Waals surface area contributed by atoms with Crippen molar-refractivity contribution in [2.45, 2.75) is 38.2 Å². The topological polar surface area (TPSA) is 50.8 Å². The highest BCUT2D eigenvalue weighted by Crippen LogP contribution is 2.46. The Bertz CT molecular complexity index is 563. The summed E-state index contributed by atoms with van der Waals surface area (Å²) in [5.74, 6) is 0.744. The van der Waals surface area contributed by atoms with Crippen LogP contribution in [0.1, 0.15) is 32.1 Å². The van der Waals surface area contributed by atoms with Crippen LogP contribution in [-0.2, 0) is 4.74 Å². The molecule has 2 aliphatic rings. The van der Waals surface area contributed by atoms with Crippen molar-refractivity contribution in [2.24, 2.45) is 5.41 Å². The van der Waals surface area contributed by atoms with Gasteiger partial charge in [0.15, 0.2) is 0 Å². The van der Waals surface area contributed by atoms with E-state index in [0.717, 1.165) is 50.2 Å². The minimum absolute atomic E-state index is 0.0286. The molecule has 1 aliphatic heterocycles. The molecule has 1 saturated carbocycles. The van der Waals surface area contributed by atoms with Crippen molar-refractivity contribution in [2.75, 3.05) is 32.6 Å². The second-order valence-electron chi connectivity index (χ2n) is 6.67. The Balaban J connectivity index is 1.67. The smallest absolute Gasteiger partial charge is 0.321 e. The van der Waals surface area contributed by atoms with Crippen LogP contribution < -0.4 is 10.1 Å². The van der Waals surface area contributed by atoms with Crippen LogP contribution in [-0.4, -0.2) is 44.3 Å². The van der Waals surface area contributed by atoms with Crippen molar-refractivity contribution >= 4 is 11.7 Å². The number of amides is 2. The second-order valence-corrected chi connectivity index (χ2v) is 6.67. The van der Waals surface area contributed by atoms with Crippen LogP contribution in [0, 0.1) is 5.41 Å². The van der Waals surface area contributed by atoms with Crippen LogP contribution in [0.2, 0.25) is 0 Å². The van der Waals surface area contributed by atoms with Crippen LogP contribution in [0.25, 0.3) is 0 Å². The van der Waals surface area contributed by atoms with Gasteiger partial charge in [0.2, 0.25) is 0 Å². The highest BCUT2D eigenvalue weighted by Gasteiger charge is 2.46. The number of carbonyl (C=O) groups excluding carboxylic acids is 1. The summed E-state index contributed by atoms with van der Waals surface area (Å²) in [5.41, 5.74) is 0.919. The van der Waals surface area contributed by atoms with Crippen LogP contribution in [0.4, 0.5) is 10.5 Å². The third kappa shape index (κ3) is 3.29. The zero-order valence-corrected chi connectivity index (χ0v) is 14.0. The van der Waals surface area contributed by atoms with E-state index in [9.17, 15) is 4.79 Å². The summed E-state index contributed by atoms with van der Waals surface area (Å²) in [6.45, 7) is 1.61. The highest BCUT2D eigenvalue weighted by atomic mass is 16.5. The first-order valence-corrected chi connectivity index (χ1v) is 8.40. The van der Waals surface area contributed by atoms with Gasteiger partial charge in [0.1, 0.15) is 5.75 Å². The molecular formula is C18H26N2O3. The third-order valence-corrected chi connectivity index (χ3v) is 5.33. The summed E-state index contributed by atoms with van der Waals surface area (Å²) in [4.78, 5) is 14.6. The lowest BCUT2D eigenvalue weighted by Crippen LogP contribution is -2.51. The molecule has 0 unspecified atom stereocenters. The molecule has 1 N–H and O–H groups in total. The van der Waals surface area contributed by atoms with E-state index in [2.05, 4.69) is 5.32 Å². The molecule has 2 amide bonds. The number of ether oxygens (including phenoxy) is 2. The number of methoxy groups -OCH3 is 2. The fraction of sp³-hybridized carbons (Fsp3) is 0.611. The molecule has 1 saturated heterocycles. The molecule has 0 radical (unpaired) electrons. The van der Waals surface area contributed by atoms with Gasteiger partial charge in [-0.05, 0) is 37.8 Å². The third-order valence-electron chi connectivity index (χ3n) is 5.33. The van der Waals surface area contributed by atoms with Crippen LogP contribution >= 0.6 is 0 Å². The molecule has 126 valence electrons. The lowest BCUT2D eigenvalue weighted by atomic mass is 9.76. The molecular weight excluding hydrogens is 292 g/mol. The molecule has 1 heterocycles. The summed E-state index contributed by atoms with van der Waals surface area (Å²) >= 11 is 0. The number of nitrogens with one attached hydrogen (secondary N) is 1. The normalized spacial score (nSPS) is 27.2. The van der Waals surface area contributed by atoms with Gasteiger partial charge in [-0.3, -0.25) is 0 Å². The van der Waals surface area contributed by atoms with Crippen molar-refractivity contribution in [1.29, 1.82) is 0 Å². The number of carbonyl (C=O) groups is 1. The predicted molar refractivity (Wildman–Crippen MR) is 89.9 cm³/mol. The lowest BCUT2D eigenvalue weighted by Gasteiger charge is -2.43. The van der Waals surface area contributed by atoms with E-state index < -0.39 is 0 Å². The molecule has 5 heteroatoms. The summed E-state index contributed by atoms with van der Waals surface area (Å²) in [5, 5.41) is 2.99. The Morgan fingerprint density at radius 3 is 2.91 bits per heavy atom. The molecule has 0 bridgehead atoms. The van der Waals surface area contributed by atoms with E-state index in [4.69, 9.17) is 9.47 Å². The van der Waals surface area contributed by atoms with Gasteiger partial charge in [0.25, 0.3) is 0 Å². The Labute approximate surface area is 137 Å². The number of likely N-dealkylation sites (tertiary alicyclic amines) is 1. The first kappa shape index (κ1) is 16.1. The minimum atomic E-state index is -0.0286. The number of benzene rings is 1. The molecule has 1 aromatic rings. The van der Waals surface area contributed by atoms with Crippen molar-refractivity contribution < 1.29 is 14.3 Å². The van der Waals surface area contributed by atoms with Gasteiger partial charge in [-0.15, -0.1) is 0 Å². The van der Waals surface area contributed by atoms with E-state index >= 15 is 0 Å². The monoisotopic (exact) mass is 318 g/mol. The second kappa shape index (κ2) is 6.79. The van der Waals surface area contributed by atoms with E-state index in [1.165, 1.54) is 6.42 Å². The standard InChI is InChI=1S/C18H26N2O3/c1-22-15-7-3-6-14(12-15)19-17(21)20-11-5-10-18(13-20)9-4-8-16(18)23-2/h3,6-7,12,16H,4-5,8-11,13H2,1-2H3,(H,19,21)/t16-,18-/m1/s1. The Morgan fingerprint density at radius 2 is 2.13 bits per heavy atom. The maximum atomic E-state index is 12.6. The number of urea groups is 1. The van der Waals surface area contributed by atoms with E-state index in [1.54, 1.807) is 14.2 Å². The fourth-order valence-corrected chi connectivity index (χ4v) is 4.18. The summed E-state index contributed by atoms with van der Waals surface area (Å²) in [7, 11) is 3.42. The molecule has 0 aromatic heterocycles. The van der Waals surface area contributed by atoms with Crippen LogP contribution in [0.3, 0.4) is 0 Å². The Hall–Kier alpha value is -1.75. The van der Waals surface area contributed by atoms with Crippen LogP contribution in [0.5, 0.6) is 5.75 Å². The molecule has 1 aliphatic carbocycles. The van der Waals surface area contributed by atoms with Crippen molar-refractivity contribution in [3.8, 4) is 5.75 Å². The maximum Gasteiger partial charge on any atom is 0.321 e. The van der Waals surface area contributed by atoms with E-state index in [-0.39, 0.29) is 17.6 Å².